The molecular formula is C15H13BrFNO2. The van der Waals surface area contributed by atoms with Gasteiger partial charge in [0, 0.05) is 16.7 Å². The second-order valence-electron chi connectivity index (χ2n) is 4.13. The zero-order valence-electron chi connectivity index (χ0n) is 10.8. The highest BCUT2D eigenvalue weighted by molar-refractivity contribution is 9.10. The van der Waals surface area contributed by atoms with Crippen LogP contribution in [0, 0.1) is 5.82 Å². The second-order valence-corrected chi connectivity index (χ2v) is 4.98. The molecule has 2 aromatic rings. The van der Waals surface area contributed by atoms with Crippen LogP contribution in [0.25, 0.3) is 0 Å². The van der Waals surface area contributed by atoms with Gasteiger partial charge in [-0.05, 0) is 29.8 Å². The zero-order valence-corrected chi connectivity index (χ0v) is 12.4. The summed E-state index contributed by atoms with van der Waals surface area (Å²) in [6.45, 7) is 0.511. The summed E-state index contributed by atoms with van der Waals surface area (Å²) in [5, 5.41) is 3.12. The monoisotopic (exact) mass is 337 g/mol. The standard InChI is InChI=1S/C15H13BrFNO2/c1-20-15(19)12-8-11(17)6-7-14(12)18-9-10-4-2-3-5-13(10)16/h2-8,18H,9H2,1H3. The molecule has 0 fully saturated rings. The summed E-state index contributed by atoms with van der Waals surface area (Å²) in [5.74, 6) is -1.05. The fourth-order valence-corrected chi connectivity index (χ4v) is 2.21. The molecule has 0 saturated heterocycles. The molecule has 0 amide bonds. The third-order valence-corrected chi connectivity index (χ3v) is 3.59. The van der Waals surface area contributed by atoms with Crippen LogP contribution in [0.2, 0.25) is 0 Å². The van der Waals surface area contributed by atoms with Gasteiger partial charge in [0.2, 0.25) is 0 Å². The summed E-state index contributed by atoms with van der Waals surface area (Å²) in [7, 11) is 1.27. The lowest BCUT2D eigenvalue weighted by Gasteiger charge is -2.12. The van der Waals surface area contributed by atoms with Crippen LogP contribution >= 0.6 is 15.9 Å². The maximum atomic E-state index is 13.2. The van der Waals surface area contributed by atoms with Crippen LogP contribution in [-0.4, -0.2) is 13.1 Å². The lowest BCUT2D eigenvalue weighted by atomic mass is 10.1. The predicted octanol–water partition coefficient (Wildman–Crippen LogP) is 3.99. The van der Waals surface area contributed by atoms with Crippen LogP contribution in [0.3, 0.4) is 0 Å². The minimum Gasteiger partial charge on any atom is -0.465 e. The Kier molecular flexibility index (Phi) is 4.74. The van der Waals surface area contributed by atoms with Crippen molar-refractivity contribution in [2.75, 3.05) is 12.4 Å². The average molecular weight is 338 g/mol. The molecule has 1 N–H and O–H groups in total. The average Bonchev–Trinajstić information content (AvgIpc) is 2.46. The van der Waals surface area contributed by atoms with Crippen molar-refractivity contribution in [2.45, 2.75) is 6.54 Å². The summed E-state index contributed by atoms with van der Waals surface area (Å²) < 4.78 is 18.8. The van der Waals surface area contributed by atoms with Crippen molar-refractivity contribution >= 4 is 27.6 Å². The van der Waals surface area contributed by atoms with E-state index in [0.717, 1.165) is 16.1 Å². The van der Waals surface area contributed by atoms with Crippen LogP contribution in [0.5, 0.6) is 0 Å². The highest BCUT2D eigenvalue weighted by Gasteiger charge is 2.13. The van der Waals surface area contributed by atoms with Crippen molar-refractivity contribution in [1.29, 1.82) is 0 Å². The number of hydrogen-bond donors (Lipinski definition) is 1. The third-order valence-electron chi connectivity index (χ3n) is 2.81. The lowest BCUT2D eigenvalue weighted by Crippen LogP contribution is -2.09. The summed E-state index contributed by atoms with van der Waals surface area (Å²) in [6, 6.07) is 11.7. The van der Waals surface area contributed by atoms with Crippen molar-refractivity contribution in [3.63, 3.8) is 0 Å². The fraction of sp³-hybridized carbons (Fsp3) is 0.133. The Bertz CT molecular complexity index is 631. The minimum absolute atomic E-state index is 0.180. The summed E-state index contributed by atoms with van der Waals surface area (Å²) in [5.41, 5.74) is 1.75. The number of carbonyl (C=O) groups excluding carboxylic acids is 1. The van der Waals surface area contributed by atoms with Crippen LogP contribution in [0.4, 0.5) is 10.1 Å². The highest BCUT2D eigenvalue weighted by Crippen LogP contribution is 2.21. The van der Waals surface area contributed by atoms with E-state index in [0.29, 0.717) is 12.2 Å². The summed E-state index contributed by atoms with van der Waals surface area (Å²) >= 11 is 3.45. The van der Waals surface area contributed by atoms with E-state index in [1.165, 1.54) is 19.2 Å². The van der Waals surface area contributed by atoms with Crippen LogP contribution < -0.4 is 5.32 Å². The smallest absolute Gasteiger partial charge is 0.340 e. The predicted molar refractivity (Wildman–Crippen MR) is 79.2 cm³/mol. The molecule has 0 heterocycles. The SMILES string of the molecule is COC(=O)c1cc(F)ccc1NCc1ccccc1Br. The van der Waals surface area contributed by atoms with Gasteiger partial charge in [-0.2, -0.15) is 0 Å². The molecule has 0 unspecified atom stereocenters. The molecule has 2 rings (SSSR count). The van der Waals surface area contributed by atoms with Crippen molar-refractivity contribution in [3.05, 3.63) is 63.9 Å². The molecule has 104 valence electrons. The fourth-order valence-electron chi connectivity index (χ4n) is 1.78. The molecule has 0 spiro atoms. The number of methoxy groups -OCH3 is 1. The van der Waals surface area contributed by atoms with Gasteiger partial charge in [0.25, 0.3) is 0 Å². The topological polar surface area (TPSA) is 38.3 Å². The van der Waals surface area contributed by atoms with Gasteiger partial charge in [-0.15, -0.1) is 0 Å². The van der Waals surface area contributed by atoms with Gasteiger partial charge >= 0.3 is 5.97 Å². The Morgan fingerprint density at radius 3 is 2.75 bits per heavy atom. The number of rotatable bonds is 4. The van der Waals surface area contributed by atoms with E-state index in [2.05, 4.69) is 26.0 Å². The lowest BCUT2D eigenvalue weighted by molar-refractivity contribution is 0.0601. The number of esters is 1. The zero-order chi connectivity index (χ0) is 14.5. The number of nitrogens with one attached hydrogen (secondary N) is 1. The molecule has 0 aliphatic rings. The van der Waals surface area contributed by atoms with E-state index in [9.17, 15) is 9.18 Å². The van der Waals surface area contributed by atoms with E-state index in [1.54, 1.807) is 0 Å². The number of hydrogen-bond acceptors (Lipinski definition) is 3. The Hall–Kier alpha value is -1.88. The summed E-state index contributed by atoms with van der Waals surface area (Å²) in [4.78, 5) is 11.6. The third kappa shape index (κ3) is 3.36. The molecule has 0 saturated carbocycles. The molecule has 2 aromatic carbocycles. The minimum atomic E-state index is -0.570. The Morgan fingerprint density at radius 2 is 2.05 bits per heavy atom. The number of halogens is 2. The molecule has 0 aliphatic heterocycles. The quantitative estimate of drug-likeness (QED) is 0.857. The maximum absolute atomic E-state index is 13.2. The molecule has 5 heteroatoms. The van der Waals surface area contributed by atoms with E-state index < -0.39 is 11.8 Å². The first kappa shape index (κ1) is 14.5. The van der Waals surface area contributed by atoms with Gasteiger partial charge in [0.05, 0.1) is 12.7 Å². The van der Waals surface area contributed by atoms with Crippen molar-refractivity contribution in [1.82, 2.24) is 0 Å². The molecule has 0 aliphatic carbocycles. The van der Waals surface area contributed by atoms with Crippen molar-refractivity contribution in [2.24, 2.45) is 0 Å². The number of carbonyl (C=O) groups is 1. The van der Waals surface area contributed by atoms with E-state index in [4.69, 9.17) is 0 Å². The number of ether oxygens (including phenoxy) is 1. The van der Waals surface area contributed by atoms with Crippen molar-refractivity contribution in [3.8, 4) is 0 Å². The van der Waals surface area contributed by atoms with Crippen LogP contribution in [-0.2, 0) is 11.3 Å². The first-order valence-corrected chi connectivity index (χ1v) is 6.76. The highest BCUT2D eigenvalue weighted by atomic mass is 79.9. The normalized spacial score (nSPS) is 10.2. The van der Waals surface area contributed by atoms with Gasteiger partial charge in [-0.3, -0.25) is 0 Å². The number of benzene rings is 2. The van der Waals surface area contributed by atoms with Gasteiger partial charge in [0.15, 0.2) is 0 Å². The van der Waals surface area contributed by atoms with Gasteiger partial charge < -0.3 is 10.1 Å². The molecule has 0 aromatic heterocycles. The molecule has 20 heavy (non-hydrogen) atoms. The Morgan fingerprint density at radius 1 is 1.30 bits per heavy atom. The van der Waals surface area contributed by atoms with Gasteiger partial charge in [0.1, 0.15) is 5.82 Å². The van der Waals surface area contributed by atoms with E-state index in [1.807, 2.05) is 24.3 Å². The van der Waals surface area contributed by atoms with Gasteiger partial charge in [-0.1, -0.05) is 34.1 Å². The first-order chi connectivity index (χ1) is 9.61. The molecule has 0 bridgehead atoms. The van der Waals surface area contributed by atoms with E-state index >= 15 is 0 Å². The molecule has 0 atom stereocenters. The van der Waals surface area contributed by atoms with Crippen LogP contribution in [0.1, 0.15) is 15.9 Å². The first-order valence-electron chi connectivity index (χ1n) is 5.97. The second kappa shape index (κ2) is 6.52. The van der Waals surface area contributed by atoms with Crippen molar-refractivity contribution < 1.29 is 13.9 Å². The summed E-state index contributed by atoms with van der Waals surface area (Å²) in [6.07, 6.45) is 0. The molecular weight excluding hydrogens is 325 g/mol. The Labute approximate surface area is 124 Å². The maximum Gasteiger partial charge on any atom is 0.340 e. The molecule has 3 nitrogen and oxygen atoms in total. The van der Waals surface area contributed by atoms with E-state index in [-0.39, 0.29) is 5.56 Å². The Balaban J connectivity index is 2.21. The van der Waals surface area contributed by atoms with Crippen LogP contribution in [0.15, 0.2) is 46.9 Å². The van der Waals surface area contributed by atoms with Gasteiger partial charge in [-0.25, -0.2) is 9.18 Å². The number of anilines is 1. The molecule has 0 radical (unpaired) electrons. The largest absolute Gasteiger partial charge is 0.465 e.